The van der Waals surface area contributed by atoms with Crippen LogP contribution in [0.5, 0.6) is 0 Å². The topological polar surface area (TPSA) is 38.3 Å². The van der Waals surface area contributed by atoms with E-state index in [4.69, 9.17) is 4.74 Å². The van der Waals surface area contributed by atoms with Gasteiger partial charge >= 0.3 is 5.97 Å². The fraction of sp³-hybridized carbons (Fsp3) is 0.750. The van der Waals surface area contributed by atoms with Gasteiger partial charge in [-0.05, 0) is 19.4 Å². The summed E-state index contributed by atoms with van der Waals surface area (Å²) < 4.78 is 4.76. The molecule has 3 heteroatoms. The molecule has 88 valence electrons. The second-order valence-corrected chi connectivity index (χ2v) is 3.50. The van der Waals surface area contributed by atoms with Crippen molar-refractivity contribution in [1.29, 1.82) is 0 Å². The largest absolute Gasteiger partial charge is 0.463 e. The lowest BCUT2D eigenvalue weighted by molar-refractivity contribution is -0.137. The molecule has 0 atom stereocenters. The van der Waals surface area contributed by atoms with Gasteiger partial charge in [-0.2, -0.15) is 0 Å². The Hall–Kier alpha value is -0.830. The summed E-state index contributed by atoms with van der Waals surface area (Å²) in [5, 5.41) is 3.29. The van der Waals surface area contributed by atoms with E-state index in [1.54, 1.807) is 13.0 Å². The molecule has 3 nitrogen and oxygen atoms in total. The van der Waals surface area contributed by atoms with Gasteiger partial charge in [-0.25, -0.2) is 4.79 Å². The molecule has 0 aliphatic rings. The highest BCUT2D eigenvalue weighted by Crippen LogP contribution is 2.04. The monoisotopic (exact) mass is 213 g/mol. The molecule has 0 unspecified atom stereocenters. The van der Waals surface area contributed by atoms with Crippen LogP contribution in [0.1, 0.15) is 33.6 Å². The molecule has 0 aromatic heterocycles. The maximum atomic E-state index is 10.9. The Labute approximate surface area is 92.9 Å². The van der Waals surface area contributed by atoms with Crippen molar-refractivity contribution in [3.63, 3.8) is 0 Å². The predicted molar refractivity (Wildman–Crippen MR) is 62.7 cm³/mol. The molecule has 0 saturated carbocycles. The number of nitrogens with one attached hydrogen (secondary N) is 1. The van der Waals surface area contributed by atoms with Crippen LogP contribution in [0, 0.1) is 5.92 Å². The van der Waals surface area contributed by atoms with E-state index in [-0.39, 0.29) is 5.97 Å². The molecule has 0 fully saturated rings. The molecule has 0 saturated heterocycles. The molecular formula is C12H23NO2. The first-order chi connectivity index (χ1) is 7.24. The summed E-state index contributed by atoms with van der Waals surface area (Å²) in [6.07, 6.45) is 5.68. The number of carbonyl (C=O) groups excluding carboxylic acids is 1. The number of rotatable bonds is 8. The molecule has 15 heavy (non-hydrogen) atoms. The number of hydrogen-bond donors (Lipinski definition) is 1. The Morgan fingerprint density at radius 3 is 2.53 bits per heavy atom. The van der Waals surface area contributed by atoms with Crippen LogP contribution in [0.15, 0.2) is 12.2 Å². The lowest BCUT2D eigenvalue weighted by Gasteiger charge is -2.11. The molecule has 0 aliphatic heterocycles. The molecule has 0 rings (SSSR count). The van der Waals surface area contributed by atoms with Crippen molar-refractivity contribution >= 4 is 5.97 Å². The highest BCUT2D eigenvalue weighted by atomic mass is 16.5. The highest BCUT2D eigenvalue weighted by Gasteiger charge is 2.00. The van der Waals surface area contributed by atoms with Gasteiger partial charge in [-0.15, -0.1) is 0 Å². The van der Waals surface area contributed by atoms with Crippen molar-refractivity contribution in [1.82, 2.24) is 5.32 Å². The summed E-state index contributed by atoms with van der Waals surface area (Å²) in [5.74, 6) is 0.475. The molecule has 1 N–H and O–H groups in total. The van der Waals surface area contributed by atoms with Gasteiger partial charge in [-0.1, -0.05) is 32.8 Å². The van der Waals surface area contributed by atoms with E-state index in [9.17, 15) is 4.79 Å². The van der Waals surface area contributed by atoms with E-state index in [1.165, 1.54) is 18.9 Å². The Bertz CT molecular complexity index is 186. The zero-order valence-corrected chi connectivity index (χ0v) is 10.1. The van der Waals surface area contributed by atoms with Crippen molar-refractivity contribution in [3.8, 4) is 0 Å². The molecule has 0 spiro atoms. The molecule has 0 aliphatic carbocycles. The molecular weight excluding hydrogens is 190 g/mol. The minimum absolute atomic E-state index is 0.262. The average Bonchev–Trinajstić information content (AvgIpc) is 2.24. The van der Waals surface area contributed by atoms with E-state index >= 15 is 0 Å². The van der Waals surface area contributed by atoms with Crippen molar-refractivity contribution in [2.24, 2.45) is 5.92 Å². The van der Waals surface area contributed by atoms with E-state index in [0.717, 1.165) is 19.0 Å². The van der Waals surface area contributed by atoms with Crippen LogP contribution in [0.2, 0.25) is 0 Å². The molecule has 0 aromatic carbocycles. The summed E-state index contributed by atoms with van der Waals surface area (Å²) in [6.45, 7) is 8.38. The first-order valence-corrected chi connectivity index (χ1v) is 5.78. The Balaban J connectivity index is 3.48. The van der Waals surface area contributed by atoms with E-state index in [0.29, 0.717) is 6.61 Å². The number of esters is 1. The maximum absolute atomic E-state index is 10.9. The van der Waals surface area contributed by atoms with Gasteiger partial charge in [0.25, 0.3) is 0 Å². The van der Waals surface area contributed by atoms with Crippen LogP contribution in [0.25, 0.3) is 0 Å². The third-order valence-corrected chi connectivity index (χ3v) is 2.39. The number of ether oxygens (including phenoxy) is 1. The Morgan fingerprint density at radius 2 is 2.00 bits per heavy atom. The van der Waals surface area contributed by atoms with Crippen molar-refractivity contribution in [3.05, 3.63) is 12.2 Å². The van der Waals surface area contributed by atoms with Gasteiger partial charge in [-0.3, -0.25) is 0 Å². The third-order valence-electron chi connectivity index (χ3n) is 2.39. The second kappa shape index (κ2) is 9.71. The van der Waals surface area contributed by atoms with E-state index in [1.807, 2.05) is 0 Å². The zero-order valence-electron chi connectivity index (χ0n) is 10.1. The van der Waals surface area contributed by atoms with Crippen LogP contribution in [0.4, 0.5) is 0 Å². The number of carbonyl (C=O) groups is 1. The standard InChI is InChI=1S/C12H23NO2/c1-4-11(5-2)10-13-9-7-8-12(14)15-6-3/h7-8,11,13H,4-6,9-10H2,1-3H3/b8-7+. The fourth-order valence-corrected chi connectivity index (χ4v) is 1.29. The summed E-state index contributed by atoms with van der Waals surface area (Å²) in [7, 11) is 0. The van der Waals surface area contributed by atoms with Gasteiger partial charge in [0.05, 0.1) is 6.61 Å². The van der Waals surface area contributed by atoms with Crippen molar-refractivity contribution in [2.45, 2.75) is 33.6 Å². The van der Waals surface area contributed by atoms with Gasteiger partial charge in [0.15, 0.2) is 0 Å². The lowest BCUT2D eigenvalue weighted by Crippen LogP contribution is -2.22. The van der Waals surface area contributed by atoms with Gasteiger partial charge in [0.1, 0.15) is 0 Å². The third kappa shape index (κ3) is 8.18. The Kier molecular flexibility index (Phi) is 9.18. The van der Waals surface area contributed by atoms with Crippen LogP contribution >= 0.6 is 0 Å². The van der Waals surface area contributed by atoms with Crippen LogP contribution in [-0.2, 0) is 9.53 Å². The van der Waals surface area contributed by atoms with Crippen LogP contribution in [-0.4, -0.2) is 25.7 Å². The summed E-state index contributed by atoms with van der Waals surface area (Å²) in [6, 6.07) is 0. The highest BCUT2D eigenvalue weighted by molar-refractivity contribution is 5.81. The smallest absolute Gasteiger partial charge is 0.330 e. The fourth-order valence-electron chi connectivity index (χ4n) is 1.29. The first-order valence-electron chi connectivity index (χ1n) is 5.78. The quantitative estimate of drug-likeness (QED) is 0.381. The van der Waals surface area contributed by atoms with Crippen LogP contribution in [0.3, 0.4) is 0 Å². The molecule has 0 heterocycles. The van der Waals surface area contributed by atoms with Gasteiger partial charge < -0.3 is 10.1 Å². The van der Waals surface area contributed by atoms with Crippen molar-refractivity contribution < 1.29 is 9.53 Å². The van der Waals surface area contributed by atoms with Crippen molar-refractivity contribution in [2.75, 3.05) is 19.7 Å². The predicted octanol–water partition coefficient (Wildman–Crippen LogP) is 2.13. The van der Waals surface area contributed by atoms with Gasteiger partial charge in [0.2, 0.25) is 0 Å². The van der Waals surface area contributed by atoms with Gasteiger partial charge in [0, 0.05) is 12.6 Å². The van der Waals surface area contributed by atoms with E-state index < -0.39 is 0 Å². The van der Waals surface area contributed by atoms with E-state index in [2.05, 4.69) is 19.2 Å². The molecule has 0 aromatic rings. The Morgan fingerprint density at radius 1 is 1.33 bits per heavy atom. The maximum Gasteiger partial charge on any atom is 0.330 e. The SMILES string of the molecule is CCOC(=O)/C=C/CNCC(CC)CC. The normalized spacial score (nSPS) is 11.2. The second-order valence-electron chi connectivity index (χ2n) is 3.50. The number of hydrogen-bond acceptors (Lipinski definition) is 3. The van der Waals surface area contributed by atoms with Crippen LogP contribution < -0.4 is 5.32 Å². The zero-order chi connectivity index (χ0) is 11.5. The molecule has 0 amide bonds. The summed E-state index contributed by atoms with van der Waals surface area (Å²) in [5.41, 5.74) is 0. The lowest BCUT2D eigenvalue weighted by atomic mass is 10.0. The molecule has 0 radical (unpaired) electrons. The molecule has 0 bridgehead atoms. The first kappa shape index (κ1) is 14.2. The minimum Gasteiger partial charge on any atom is -0.463 e. The minimum atomic E-state index is -0.262. The average molecular weight is 213 g/mol. The summed E-state index contributed by atoms with van der Waals surface area (Å²) in [4.78, 5) is 10.9. The summed E-state index contributed by atoms with van der Waals surface area (Å²) >= 11 is 0.